The largest absolute Gasteiger partial charge is 0.491 e. The first-order valence-corrected chi connectivity index (χ1v) is 8.28. The maximum absolute atomic E-state index is 12.3. The zero-order chi connectivity index (χ0) is 18.0. The Balaban J connectivity index is 1.61. The van der Waals surface area contributed by atoms with Crippen molar-refractivity contribution in [3.63, 3.8) is 0 Å². The normalized spacial score (nSPS) is 13.1. The molecule has 1 unspecified atom stereocenters. The standard InChI is InChI=1S/C19H23N3O3/c1-19(2,3)13-4-6-15(7-5-13)25-11-14(23)10-22-12-21-16-8-9-20-17(16)18(22)24/h4-9,12,14,20,23H,10-11H2,1-3H3. The van der Waals surface area contributed by atoms with Crippen molar-refractivity contribution < 1.29 is 9.84 Å². The van der Waals surface area contributed by atoms with Gasteiger partial charge in [0.2, 0.25) is 0 Å². The topological polar surface area (TPSA) is 80.1 Å². The Hall–Kier alpha value is -2.60. The fourth-order valence-electron chi connectivity index (χ4n) is 2.62. The fraction of sp³-hybridized carbons (Fsp3) is 0.368. The molecule has 0 spiro atoms. The minimum atomic E-state index is -0.811. The molecule has 0 aliphatic heterocycles. The third kappa shape index (κ3) is 3.91. The van der Waals surface area contributed by atoms with Gasteiger partial charge in [-0.1, -0.05) is 32.9 Å². The van der Waals surface area contributed by atoms with Crippen LogP contribution in [0.3, 0.4) is 0 Å². The van der Waals surface area contributed by atoms with E-state index in [1.807, 2.05) is 24.3 Å². The Bertz CT molecular complexity index is 904. The first kappa shape index (κ1) is 17.2. The van der Waals surface area contributed by atoms with Crippen LogP contribution in [0.15, 0.2) is 47.7 Å². The Kier molecular flexibility index (Phi) is 4.63. The van der Waals surface area contributed by atoms with Gasteiger partial charge in [-0.05, 0) is 29.2 Å². The number of hydrogen-bond acceptors (Lipinski definition) is 4. The van der Waals surface area contributed by atoms with Crippen molar-refractivity contribution in [2.45, 2.75) is 38.8 Å². The van der Waals surface area contributed by atoms with Crippen molar-refractivity contribution in [1.82, 2.24) is 14.5 Å². The van der Waals surface area contributed by atoms with Gasteiger partial charge in [-0.3, -0.25) is 9.36 Å². The number of benzene rings is 1. The first-order chi connectivity index (χ1) is 11.8. The molecule has 2 N–H and O–H groups in total. The van der Waals surface area contributed by atoms with Crippen molar-refractivity contribution in [2.75, 3.05) is 6.61 Å². The number of fused-ring (bicyclic) bond motifs is 1. The lowest BCUT2D eigenvalue weighted by molar-refractivity contribution is 0.0914. The number of rotatable bonds is 5. The van der Waals surface area contributed by atoms with Crippen LogP contribution >= 0.6 is 0 Å². The lowest BCUT2D eigenvalue weighted by Crippen LogP contribution is -2.30. The second-order valence-electron chi connectivity index (χ2n) is 7.18. The molecule has 0 fully saturated rings. The summed E-state index contributed by atoms with van der Waals surface area (Å²) in [6.45, 7) is 6.68. The van der Waals surface area contributed by atoms with Gasteiger partial charge in [0.1, 0.15) is 24.0 Å². The summed E-state index contributed by atoms with van der Waals surface area (Å²) >= 11 is 0. The number of nitrogens with zero attached hydrogens (tertiary/aromatic N) is 2. The van der Waals surface area contributed by atoms with Crippen LogP contribution in [0.5, 0.6) is 5.75 Å². The number of nitrogens with one attached hydrogen (secondary N) is 1. The summed E-state index contributed by atoms with van der Waals surface area (Å²) in [6, 6.07) is 9.57. The lowest BCUT2D eigenvalue weighted by Gasteiger charge is -2.19. The zero-order valence-corrected chi connectivity index (χ0v) is 14.7. The highest BCUT2D eigenvalue weighted by molar-refractivity contribution is 5.73. The summed E-state index contributed by atoms with van der Waals surface area (Å²) in [5, 5.41) is 10.2. The van der Waals surface area contributed by atoms with E-state index >= 15 is 0 Å². The van der Waals surface area contributed by atoms with Crippen LogP contribution in [-0.4, -0.2) is 32.4 Å². The van der Waals surface area contributed by atoms with Crippen molar-refractivity contribution in [2.24, 2.45) is 0 Å². The molecule has 6 nitrogen and oxygen atoms in total. The van der Waals surface area contributed by atoms with E-state index in [1.54, 1.807) is 12.3 Å². The molecule has 0 saturated heterocycles. The number of H-pyrrole nitrogens is 1. The van der Waals surface area contributed by atoms with Crippen LogP contribution in [0, 0.1) is 0 Å². The van der Waals surface area contributed by atoms with Crippen LogP contribution in [0.25, 0.3) is 11.0 Å². The van der Waals surface area contributed by atoms with Gasteiger partial charge in [0.15, 0.2) is 0 Å². The summed E-state index contributed by atoms with van der Waals surface area (Å²) in [5.41, 5.74) is 2.16. The average Bonchev–Trinajstić information content (AvgIpc) is 3.05. The number of ether oxygens (including phenoxy) is 1. The molecule has 0 aliphatic rings. The molecule has 0 bridgehead atoms. The summed E-state index contributed by atoms with van der Waals surface area (Å²) < 4.78 is 7.01. The van der Waals surface area contributed by atoms with Crippen LogP contribution in [0.1, 0.15) is 26.3 Å². The van der Waals surface area contributed by atoms with Crippen molar-refractivity contribution >= 4 is 11.0 Å². The van der Waals surface area contributed by atoms with Crippen LogP contribution in [0.4, 0.5) is 0 Å². The van der Waals surface area contributed by atoms with Gasteiger partial charge in [0.05, 0.1) is 18.4 Å². The molecule has 6 heteroatoms. The highest BCUT2D eigenvalue weighted by Crippen LogP contribution is 2.24. The Morgan fingerprint density at radius 1 is 1.24 bits per heavy atom. The maximum atomic E-state index is 12.3. The van der Waals surface area contributed by atoms with E-state index in [4.69, 9.17) is 4.74 Å². The zero-order valence-electron chi connectivity index (χ0n) is 14.7. The molecular weight excluding hydrogens is 318 g/mol. The van der Waals surface area contributed by atoms with E-state index in [0.29, 0.717) is 16.8 Å². The Labute approximate surface area is 146 Å². The molecule has 0 saturated carbocycles. The number of aliphatic hydroxyl groups is 1. The minimum absolute atomic E-state index is 0.0860. The van der Waals surface area contributed by atoms with Gasteiger partial charge in [-0.2, -0.15) is 0 Å². The molecule has 1 atom stereocenters. The average molecular weight is 341 g/mol. The molecule has 0 amide bonds. The van der Waals surface area contributed by atoms with Gasteiger partial charge < -0.3 is 14.8 Å². The fourth-order valence-corrected chi connectivity index (χ4v) is 2.62. The second kappa shape index (κ2) is 6.72. The predicted molar refractivity (Wildman–Crippen MR) is 97.0 cm³/mol. The van der Waals surface area contributed by atoms with E-state index in [2.05, 4.69) is 30.7 Å². The second-order valence-corrected chi connectivity index (χ2v) is 7.18. The molecule has 1 aromatic carbocycles. The molecular formula is C19H23N3O3. The highest BCUT2D eigenvalue weighted by Gasteiger charge is 2.14. The molecule has 132 valence electrons. The van der Waals surface area contributed by atoms with Gasteiger partial charge in [0, 0.05) is 6.20 Å². The van der Waals surface area contributed by atoms with Gasteiger partial charge in [0.25, 0.3) is 5.56 Å². The van der Waals surface area contributed by atoms with E-state index in [1.165, 1.54) is 16.5 Å². The predicted octanol–water partition coefficient (Wildman–Crippen LogP) is 2.46. The van der Waals surface area contributed by atoms with E-state index < -0.39 is 6.10 Å². The molecule has 3 aromatic rings. The Morgan fingerprint density at radius 3 is 2.64 bits per heavy atom. The van der Waals surface area contributed by atoms with Crippen molar-refractivity contribution in [1.29, 1.82) is 0 Å². The summed E-state index contributed by atoms with van der Waals surface area (Å²) in [7, 11) is 0. The van der Waals surface area contributed by atoms with Crippen LogP contribution in [0.2, 0.25) is 0 Å². The number of aliphatic hydroxyl groups excluding tert-OH is 1. The van der Waals surface area contributed by atoms with Crippen LogP contribution < -0.4 is 10.3 Å². The van der Waals surface area contributed by atoms with Crippen LogP contribution in [-0.2, 0) is 12.0 Å². The first-order valence-electron chi connectivity index (χ1n) is 8.28. The third-order valence-electron chi connectivity index (χ3n) is 4.11. The maximum Gasteiger partial charge on any atom is 0.277 e. The number of aromatic amines is 1. The summed E-state index contributed by atoms with van der Waals surface area (Å²) in [6.07, 6.45) is 2.30. The van der Waals surface area contributed by atoms with Crippen molar-refractivity contribution in [3.05, 3.63) is 58.8 Å². The lowest BCUT2D eigenvalue weighted by atomic mass is 9.87. The molecule has 2 aromatic heterocycles. The number of hydrogen-bond donors (Lipinski definition) is 2. The summed E-state index contributed by atoms with van der Waals surface area (Å²) in [4.78, 5) is 19.3. The minimum Gasteiger partial charge on any atom is -0.491 e. The SMILES string of the molecule is CC(C)(C)c1ccc(OCC(O)Cn2cnc3cc[nH]c3c2=O)cc1. The highest BCUT2D eigenvalue weighted by atomic mass is 16.5. The molecule has 0 radical (unpaired) electrons. The third-order valence-corrected chi connectivity index (χ3v) is 4.11. The van der Waals surface area contributed by atoms with E-state index in [9.17, 15) is 9.90 Å². The van der Waals surface area contributed by atoms with Gasteiger partial charge >= 0.3 is 0 Å². The molecule has 0 aliphatic carbocycles. The van der Waals surface area contributed by atoms with Gasteiger partial charge in [-0.15, -0.1) is 0 Å². The quantitative estimate of drug-likeness (QED) is 0.747. The number of aromatic nitrogens is 3. The smallest absolute Gasteiger partial charge is 0.277 e. The molecule has 25 heavy (non-hydrogen) atoms. The monoisotopic (exact) mass is 341 g/mol. The molecule has 2 heterocycles. The summed E-state index contributed by atoms with van der Waals surface area (Å²) in [5.74, 6) is 0.692. The molecule has 3 rings (SSSR count). The van der Waals surface area contributed by atoms with Crippen molar-refractivity contribution in [3.8, 4) is 5.75 Å². The van der Waals surface area contributed by atoms with E-state index in [-0.39, 0.29) is 24.1 Å². The van der Waals surface area contributed by atoms with E-state index in [0.717, 1.165) is 0 Å². The Morgan fingerprint density at radius 2 is 1.96 bits per heavy atom. The van der Waals surface area contributed by atoms with Gasteiger partial charge in [-0.25, -0.2) is 4.98 Å².